The lowest BCUT2D eigenvalue weighted by Gasteiger charge is -2.37. The first-order chi connectivity index (χ1) is 7.77. The number of hydrogen-bond donors (Lipinski definition) is 1. The highest BCUT2D eigenvalue weighted by Gasteiger charge is 2.22. The van der Waals surface area contributed by atoms with E-state index in [0.29, 0.717) is 12.1 Å². The zero-order valence-electron chi connectivity index (χ0n) is 10.4. The molecule has 0 aromatic carbocycles. The summed E-state index contributed by atoms with van der Waals surface area (Å²) in [7, 11) is 0. The molecule has 1 heterocycles. The summed E-state index contributed by atoms with van der Waals surface area (Å²) < 4.78 is 0. The molecule has 2 fully saturated rings. The molecule has 0 amide bonds. The van der Waals surface area contributed by atoms with E-state index < -0.39 is 0 Å². The van der Waals surface area contributed by atoms with Crippen LogP contribution in [0.4, 0.5) is 0 Å². The Hall–Kier alpha value is -0.310. The van der Waals surface area contributed by atoms with Crippen LogP contribution < -0.4 is 5.32 Å². The second-order valence-electron chi connectivity index (χ2n) is 5.32. The number of rotatable bonds is 1. The lowest BCUT2D eigenvalue weighted by Crippen LogP contribution is -2.50. The normalized spacial score (nSPS) is 27.8. The van der Waals surface area contributed by atoms with E-state index in [9.17, 15) is 0 Å². The average Bonchev–Trinajstić information content (AvgIpc) is 2.31. The number of piperidine rings is 1. The highest BCUT2D eigenvalue weighted by molar-refractivity contribution is 7.80. The monoisotopic (exact) mass is 240 g/mol. The molecule has 1 saturated carbocycles. The van der Waals surface area contributed by atoms with Crippen LogP contribution in [0.1, 0.15) is 58.3 Å². The van der Waals surface area contributed by atoms with Gasteiger partial charge in [0.05, 0.1) is 0 Å². The summed E-state index contributed by atoms with van der Waals surface area (Å²) in [5.41, 5.74) is 0. The maximum atomic E-state index is 5.55. The van der Waals surface area contributed by atoms with Crippen molar-refractivity contribution < 1.29 is 0 Å². The van der Waals surface area contributed by atoms with E-state index in [2.05, 4.69) is 17.1 Å². The van der Waals surface area contributed by atoms with Gasteiger partial charge >= 0.3 is 0 Å². The first kappa shape index (κ1) is 12.2. The topological polar surface area (TPSA) is 15.3 Å². The van der Waals surface area contributed by atoms with E-state index in [4.69, 9.17) is 12.2 Å². The summed E-state index contributed by atoms with van der Waals surface area (Å²) in [6.07, 6.45) is 10.7. The highest BCUT2D eigenvalue weighted by Crippen LogP contribution is 2.20. The molecule has 2 rings (SSSR count). The second kappa shape index (κ2) is 5.85. The largest absolute Gasteiger partial charge is 0.360 e. The number of likely N-dealkylation sites (tertiary alicyclic amines) is 1. The van der Waals surface area contributed by atoms with Gasteiger partial charge in [0.2, 0.25) is 0 Å². The van der Waals surface area contributed by atoms with Crippen LogP contribution in [0, 0.1) is 0 Å². The number of thiocarbonyl (C=S) groups is 1. The minimum atomic E-state index is 0.636. The Balaban J connectivity index is 1.81. The third-order valence-corrected chi connectivity index (χ3v) is 4.35. The Morgan fingerprint density at radius 3 is 2.44 bits per heavy atom. The summed E-state index contributed by atoms with van der Waals surface area (Å²) in [6.45, 7) is 3.45. The fraction of sp³-hybridized carbons (Fsp3) is 0.923. The molecular formula is C13H24N2S. The van der Waals surface area contributed by atoms with Gasteiger partial charge < -0.3 is 10.2 Å². The summed E-state index contributed by atoms with van der Waals surface area (Å²) in [5, 5.41) is 4.59. The van der Waals surface area contributed by atoms with E-state index in [1.807, 2.05) is 0 Å². The van der Waals surface area contributed by atoms with E-state index in [-0.39, 0.29) is 0 Å². The zero-order valence-corrected chi connectivity index (χ0v) is 11.2. The molecule has 16 heavy (non-hydrogen) atoms. The molecule has 0 spiro atoms. The van der Waals surface area contributed by atoms with Crippen LogP contribution in [0.3, 0.4) is 0 Å². The first-order valence-electron chi connectivity index (χ1n) is 6.84. The molecule has 1 saturated heterocycles. The van der Waals surface area contributed by atoms with Crippen molar-refractivity contribution in [1.82, 2.24) is 10.2 Å². The Kier molecular flexibility index (Phi) is 4.45. The fourth-order valence-electron chi connectivity index (χ4n) is 2.90. The summed E-state index contributed by atoms with van der Waals surface area (Å²) in [4.78, 5) is 2.40. The Bertz CT molecular complexity index is 236. The number of nitrogens with one attached hydrogen (secondary N) is 1. The molecule has 1 aliphatic carbocycles. The van der Waals surface area contributed by atoms with Crippen molar-refractivity contribution in [3.63, 3.8) is 0 Å². The van der Waals surface area contributed by atoms with Crippen LogP contribution in [0.25, 0.3) is 0 Å². The average molecular weight is 240 g/mol. The molecule has 3 heteroatoms. The maximum Gasteiger partial charge on any atom is 0.169 e. The Labute approximate surface area is 105 Å². The molecule has 0 aromatic heterocycles. The molecule has 2 aliphatic rings. The zero-order chi connectivity index (χ0) is 11.4. The molecule has 0 aromatic rings. The van der Waals surface area contributed by atoms with Gasteiger partial charge in [-0.3, -0.25) is 0 Å². The van der Waals surface area contributed by atoms with Gasteiger partial charge in [0.15, 0.2) is 5.11 Å². The van der Waals surface area contributed by atoms with E-state index in [1.165, 1.54) is 51.4 Å². The van der Waals surface area contributed by atoms with Crippen molar-refractivity contribution in [2.45, 2.75) is 70.4 Å². The SMILES string of the molecule is C[C@H]1CCCCN1C(=S)NC1CCCCC1. The van der Waals surface area contributed by atoms with Crippen LogP contribution >= 0.6 is 12.2 Å². The van der Waals surface area contributed by atoms with Gasteiger partial charge in [0, 0.05) is 18.6 Å². The van der Waals surface area contributed by atoms with Crippen LogP contribution in [0.2, 0.25) is 0 Å². The molecule has 0 radical (unpaired) electrons. The van der Waals surface area contributed by atoms with Crippen molar-refractivity contribution in [3.8, 4) is 0 Å². The van der Waals surface area contributed by atoms with Crippen LogP contribution in [-0.2, 0) is 0 Å². The highest BCUT2D eigenvalue weighted by atomic mass is 32.1. The molecule has 1 aliphatic heterocycles. The van der Waals surface area contributed by atoms with Gasteiger partial charge in [-0.1, -0.05) is 19.3 Å². The third-order valence-electron chi connectivity index (χ3n) is 4.00. The van der Waals surface area contributed by atoms with Crippen LogP contribution in [-0.4, -0.2) is 28.6 Å². The minimum absolute atomic E-state index is 0.636. The minimum Gasteiger partial charge on any atom is -0.360 e. The van der Waals surface area contributed by atoms with Crippen molar-refractivity contribution in [3.05, 3.63) is 0 Å². The van der Waals surface area contributed by atoms with Gasteiger partial charge in [-0.25, -0.2) is 0 Å². The van der Waals surface area contributed by atoms with Gasteiger partial charge in [-0.05, 0) is 51.2 Å². The maximum absolute atomic E-state index is 5.55. The second-order valence-corrected chi connectivity index (χ2v) is 5.71. The summed E-state index contributed by atoms with van der Waals surface area (Å²) in [5.74, 6) is 0. The number of hydrogen-bond acceptors (Lipinski definition) is 1. The smallest absolute Gasteiger partial charge is 0.169 e. The van der Waals surface area contributed by atoms with Crippen molar-refractivity contribution in [2.24, 2.45) is 0 Å². The molecular weight excluding hydrogens is 216 g/mol. The number of nitrogens with zero attached hydrogens (tertiary/aromatic N) is 1. The molecule has 92 valence electrons. The summed E-state index contributed by atoms with van der Waals surface area (Å²) >= 11 is 5.55. The van der Waals surface area contributed by atoms with Crippen molar-refractivity contribution >= 4 is 17.3 Å². The first-order valence-corrected chi connectivity index (χ1v) is 7.25. The van der Waals surface area contributed by atoms with Crippen LogP contribution in [0.15, 0.2) is 0 Å². The van der Waals surface area contributed by atoms with Gasteiger partial charge in [-0.2, -0.15) is 0 Å². The lowest BCUT2D eigenvalue weighted by molar-refractivity contribution is 0.250. The van der Waals surface area contributed by atoms with Gasteiger partial charge in [0.25, 0.3) is 0 Å². The summed E-state index contributed by atoms with van der Waals surface area (Å²) in [6, 6.07) is 1.28. The van der Waals surface area contributed by atoms with E-state index in [1.54, 1.807) is 0 Å². The van der Waals surface area contributed by atoms with E-state index >= 15 is 0 Å². The Morgan fingerprint density at radius 2 is 1.75 bits per heavy atom. The van der Waals surface area contributed by atoms with E-state index in [0.717, 1.165) is 11.7 Å². The van der Waals surface area contributed by atoms with Gasteiger partial charge in [-0.15, -0.1) is 0 Å². The molecule has 0 bridgehead atoms. The predicted octanol–water partition coefficient (Wildman–Crippen LogP) is 3.07. The molecule has 2 nitrogen and oxygen atoms in total. The van der Waals surface area contributed by atoms with Gasteiger partial charge in [0.1, 0.15) is 0 Å². The molecule has 1 atom stereocenters. The third kappa shape index (κ3) is 3.09. The molecule has 1 N–H and O–H groups in total. The van der Waals surface area contributed by atoms with Crippen LogP contribution in [0.5, 0.6) is 0 Å². The Morgan fingerprint density at radius 1 is 1.06 bits per heavy atom. The molecule has 0 unspecified atom stereocenters. The lowest BCUT2D eigenvalue weighted by atomic mass is 9.95. The van der Waals surface area contributed by atoms with Crippen molar-refractivity contribution in [1.29, 1.82) is 0 Å². The predicted molar refractivity (Wildman–Crippen MR) is 72.6 cm³/mol. The standard InChI is InChI=1S/C13H24N2S/c1-11-7-5-6-10-15(11)13(16)14-12-8-3-2-4-9-12/h11-12H,2-10H2,1H3,(H,14,16)/t11-/m0/s1. The quantitative estimate of drug-likeness (QED) is 0.709. The fourth-order valence-corrected chi connectivity index (χ4v) is 3.34. The van der Waals surface area contributed by atoms with Crippen molar-refractivity contribution in [2.75, 3.05) is 6.54 Å².